The second-order valence-electron chi connectivity index (χ2n) is 4.06. The van der Waals surface area contributed by atoms with Crippen molar-refractivity contribution in [1.29, 1.82) is 0 Å². The van der Waals surface area contributed by atoms with Crippen LogP contribution in [0, 0.1) is 16.0 Å². The molecule has 0 saturated heterocycles. The Morgan fingerprint density at radius 1 is 1.48 bits per heavy atom. The van der Waals surface area contributed by atoms with Crippen molar-refractivity contribution in [3.05, 3.63) is 33.9 Å². The molecule has 0 aromatic heterocycles. The Labute approximate surface area is 122 Å². The predicted molar refractivity (Wildman–Crippen MR) is 70.8 cm³/mol. The number of benzene rings is 1. The van der Waals surface area contributed by atoms with E-state index in [9.17, 15) is 32.9 Å². The van der Waals surface area contributed by atoms with Gasteiger partial charge in [0.15, 0.2) is 10.7 Å². The van der Waals surface area contributed by atoms with Crippen molar-refractivity contribution in [1.82, 2.24) is 0 Å². The van der Waals surface area contributed by atoms with Crippen molar-refractivity contribution in [2.75, 3.05) is 5.75 Å². The molecule has 0 aliphatic carbocycles. The number of nitro groups is 1. The summed E-state index contributed by atoms with van der Waals surface area (Å²) in [5.41, 5.74) is -0.0680. The molecule has 1 aliphatic heterocycles. The Balaban J connectivity index is 0.000000677. The van der Waals surface area contributed by atoms with Gasteiger partial charge in [-0.25, -0.2) is 0 Å². The van der Waals surface area contributed by atoms with Crippen LogP contribution in [0.2, 0.25) is 0 Å². The molecule has 21 heavy (non-hydrogen) atoms. The van der Waals surface area contributed by atoms with Gasteiger partial charge < -0.3 is 4.55 Å². The highest BCUT2D eigenvalue weighted by Crippen LogP contribution is 2.31. The van der Waals surface area contributed by atoms with Gasteiger partial charge in [0, 0.05) is 6.07 Å². The molecule has 1 aliphatic rings. The van der Waals surface area contributed by atoms with Gasteiger partial charge in [-0.2, -0.15) is 0 Å². The van der Waals surface area contributed by atoms with E-state index < -0.39 is 35.6 Å². The number of halogens is 2. The summed E-state index contributed by atoms with van der Waals surface area (Å²) in [6.07, 6.45) is 0. The van der Waals surface area contributed by atoms with E-state index in [1.807, 2.05) is 0 Å². The minimum Gasteiger partial charge on any atom is -0.611 e. The van der Waals surface area contributed by atoms with E-state index in [-0.39, 0.29) is 27.7 Å². The Bertz CT molecular complexity index is 586. The average molecular weight is 316 g/mol. The SMILES string of the molecule is CC(=O)C1C[S+]([O-])c2cc([N+](=O)[O-])ccc2C1=O.F[B]F. The molecule has 2 atom stereocenters. The topological polar surface area (TPSA) is 100 Å². The summed E-state index contributed by atoms with van der Waals surface area (Å²) in [7, 11) is -1.00. The molecule has 0 amide bonds. The van der Waals surface area contributed by atoms with Gasteiger partial charge in [0.05, 0.1) is 16.6 Å². The number of carbonyl (C=O) groups excluding carboxylic acids is 2. The Morgan fingerprint density at radius 2 is 2.05 bits per heavy atom. The number of hydrogen-bond acceptors (Lipinski definition) is 5. The van der Waals surface area contributed by atoms with E-state index in [0.29, 0.717) is 0 Å². The van der Waals surface area contributed by atoms with Gasteiger partial charge in [-0.05, 0) is 24.2 Å². The lowest BCUT2D eigenvalue weighted by Gasteiger charge is -2.23. The normalized spacial score (nSPS) is 19.9. The third-order valence-electron chi connectivity index (χ3n) is 2.81. The van der Waals surface area contributed by atoms with Crippen molar-refractivity contribution in [2.45, 2.75) is 11.8 Å². The van der Waals surface area contributed by atoms with Crippen LogP contribution in [0.3, 0.4) is 0 Å². The van der Waals surface area contributed by atoms with E-state index in [1.165, 1.54) is 19.1 Å². The van der Waals surface area contributed by atoms with Crippen LogP contribution in [0.4, 0.5) is 14.3 Å². The molecule has 0 spiro atoms. The molecule has 1 aromatic carbocycles. The summed E-state index contributed by atoms with van der Waals surface area (Å²) < 4.78 is 30.9. The standard InChI is InChI=1S/C11H9NO5S.BF2/c1-6(13)9-5-18(17)10-4-7(12(15)16)2-3-8(10)11(9)14;2-1-3/h2-4,9H,5H2,1H3;. The molecule has 0 saturated carbocycles. The lowest BCUT2D eigenvalue weighted by atomic mass is 9.95. The number of rotatable bonds is 2. The lowest BCUT2D eigenvalue weighted by Crippen LogP contribution is -2.35. The number of fused-ring (bicyclic) bond motifs is 1. The largest absolute Gasteiger partial charge is 0.611 e. The van der Waals surface area contributed by atoms with Gasteiger partial charge in [-0.3, -0.25) is 28.3 Å². The Kier molecular flexibility index (Phi) is 5.97. The highest BCUT2D eigenvalue weighted by Gasteiger charge is 2.39. The minimum atomic E-state index is -1.56. The third kappa shape index (κ3) is 3.85. The van der Waals surface area contributed by atoms with Gasteiger partial charge >= 0.3 is 7.83 Å². The van der Waals surface area contributed by atoms with Gasteiger partial charge in [0.1, 0.15) is 17.5 Å². The minimum absolute atomic E-state index is 0.0949. The van der Waals surface area contributed by atoms with Crippen molar-refractivity contribution >= 4 is 36.3 Å². The molecule has 0 fully saturated rings. The van der Waals surface area contributed by atoms with Crippen LogP contribution in [0.25, 0.3) is 0 Å². The first-order valence-electron chi connectivity index (χ1n) is 5.57. The van der Waals surface area contributed by atoms with E-state index in [0.717, 1.165) is 6.07 Å². The number of nitrogens with zero attached hydrogens (tertiary/aromatic N) is 1. The van der Waals surface area contributed by atoms with E-state index in [1.54, 1.807) is 0 Å². The molecule has 2 rings (SSSR count). The fraction of sp³-hybridized carbons (Fsp3) is 0.273. The number of ketones is 2. The molecule has 111 valence electrons. The monoisotopic (exact) mass is 316 g/mol. The van der Waals surface area contributed by atoms with Crippen molar-refractivity contribution in [3.63, 3.8) is 0 Å². The molecule has 6 nitrogen and oxygen atoms in total. The molecule has 1 radical (unpaired) electrons. The van der Waals surface area contributed by atoms with E-state index in [4.69, 9.17) is 0 Å². The maximum absolute atomic E-state index is 12.0. The first-order chi connectivity index (χ1) is 9.83. The van der Waals surface area contributed by atoms with Crippen LogP contribution < -0.4 is 0 Å². The van der Waals surface area contributed by atoms with Crippen LogP contribution in [0.5, 0.6) is 0 Å². The molecule has 0 bridgehead atoms. The number of nitro benzene ring substituents is 1. The van der Waals surface area contributed by atoms with Gasteiger partial charge in [-0.15, -0.1) is 0 Å². The Hall–Kier alpha value is -1.81. The van der Waals surface area contributed by atoms with Gasteiger partial charge in [-0.1, -0.05) is 0 Å². The van der Waals surface area contributed by atoms with Crippen molar-refractivity contribution in [3.8, 4) is 0 Å². The molecule has 1 heterocycles. The molecular weight excluding hydrogens is 307 g/mol. The molecular formula is C11H9BF2NO5S. The van der Waals surface area contributed by atoms with Crippen LogP contribution >= 0.6 is 0 Å². The summed E-state index contributed by atoms with van der Waals surface area (Å²) in [5.74, 6) is -1.74. The number of carbonyl (C=O) groups is 2. The predicted octanol–water partition coefficient (Wildman–Crippen LogP) is 1.56. The second-order valence-corrected chi connectivity index (χ2v) is 5.52. The van der Waals surface area contributed by atoms with Crippen molar-refractivity contribution in [2.24, 2.45) is 5.92 Å². The van der Waals surface area contributed by atoms with E-state index >= 15 is 0 Å². The summed E-state index contributed by atoms with van der Waals surface area (Å²) in [4.78, 5) is 33.4. The first kappa shape index (κ1) is 17.2. The highest BCUT2D eigenvalue weighted by molar-refractivity contribution is 7.91. The quantitative estimate of drug-likeness (QED) is 0.271. The zero-order valence-electron chi connectivity index (χ0n) is 10.7. The smallest absolute Gasteiger partial charge is 0.577 e. The van der Waals surface area contributed by atoms with Gasteiger partial charge in [0.2, 0.25) is 0 Å². The third-order valence-corrected chi connectivity index (χ3v) is 4.28. The fourth-order valence-electron chi connectivity index (χ4n) is 1.82. The lowest BCUT2D eigenvalue weighted by molar-refractivity contribution is -0.385. The van der Waals surface area contributed by atoms with Gasteiger partial charge in [0.25, 0.3) is 5.69 Å². The van der Waals surface area contributed by atoms with Crippen LogP contribution in [0.1, 0.15) is 17.3 Å². The second kappa shape index (κ2) is 7.27. The van der Waals surface area contributed by atoms with Crippen molar-refractivity contribution < 1.29 is 27.7 Å². The zero-order valence-corrected chi connectivity index (χ0v) is 11.6. The van der Waals surface area contributed by atoms with Crippen LogP contribution in [-0.4, -0.2) is 34.6 Å². The maximum Gasteiger partial charge on any atom is 0.577 e. The molecule has 0 N–H and O–H groups in total. The molecule has 10 heteroatoms. The number of non-ortho nitro benzene ring substituents is 1. The summed E-state index contributed by atoms with van der Waals surface area (Å²) in [5, 5.41) is 10.6. The zero-order chi connectivity index (χ0) is 16.2. The Morgan fingerprint density at radius 3 is 2.52 bits per heavy atom. The highest BCUT2D eigenvalue weighted by atomic mass is 32.2. The summed E-state index contributed by atoms with van der Waals surface area (Å²) >= 11 is -1.56. The number of hydrogen-bond donors (Lipinski definition) is 0. The maximum atomic E-state index is 12.0. The van der Waals surface area contributed by atoms with E-state index in [2.05, 4.69) is 0 Å². The van der Waals surface area contributed by atoms with Crippen LogP contribution in [0.15, 0.2) is 23.1 Å². The fourth-order valence-corrected chi connectivity index (χ4v) is 3.36. The molecule has 2 unspecified atom stereocenters. The summed E-state index contributed by atoms with van der Waals surface area (Å²) in [6.45, 7) is 1.27. The van der Waals surface area contributed by atoms with Crippen LogP contribution in [-0.2, 0) is 16.0 Å². The number of Topliss-reactive ketones (excluding diaryl/α,β-unsaturated/α-hetero) is 2. The first-order valence-corrected chi connectivity index (χ1v) is 6.89. The summed E-state index contributed by atoms with van der Waals surface area (Å²) in [6, 6.07) is 3.58. The molecule has 1 aromatic rings. The average Bonchev–Trinajstić information content (AvgIpc) is 2.42.